The van der Waals surface area contributed by atoms with Gasteiger partial charge in [0.1, 0.15) is 5.82 Å². The maximum atomic E-state index is 13.0. The Balaban J connectivity index is 1.61. The molecule has 0 bridgehead atoms. The second kappa shape index (κ2) is 7.02. The molecule has 5 aromatic rings. The first-order chi connectivity index (χ1) is 14.5. The van der Waals surface area contributed by atoms with Crippen LogP contribution in [0.3, 0.4) is 0 Å². The molecule has 0 fully saturated rings. The minimum atomic E-state index is -4.36. The summed E-state index contributed by atoms with van der Waals surface area (Å²) in [5.41, 5.74) is 2.85. The third-order valence-electron chi connectivity index (χ3n) is 5.28. The quantitative estimate of drug-likeness (QED) is 0.320. The van der Waals surface area contributed by atoms with Gasteiger partial charge in [0.05, 0.1) is 16.6 Å². The summed E-state index contributed by atoms with van der Waals surface area (Å²) in [6, 6.07) is 27.4. The summed E-state index contributed by atoms with van der Waals surface area (Å²) in [5.74, 6) is 0.651. The van der Waals surface area contributed by atoms with Crippen LogP contribution in [0.2, 0.25) is 0 Å². The number of aromatic nitrogens is 2. The zero-order valence-electron chi connectivity index (χ0n) is 15.9. The Labute approximate surface area is 171 Å². The average molecular weight is 402 g/mol. The van der Waals surface area contributed by atoms with Crippen LogP contribution in [-0.4, -0.2) is 9.55 Å². The first-order valence-electron chi connectivity index (χ1n) is 9.60. The molecule has 0 N–H and O–H groups in total. The molecular formula is C25H17F3N2. The molecule has 5 rings (SSSR count). The molecule has 0 aliphatic rings. The third-order valence-corrected chi connectivity index (χ3v) is 5.28. The SMILES string of the molecule is FC(F)(F)c1ccc(-c2nc3ccccc3n2Cc2ccc3ccccc3c2)cc1. The van der Waals surface area contributed by atoms with Crippen molar-refractivity contribution in [2.75, 3.05) is 0 Å². The fraction of sp³-hybridized carbons (Fsp3) is 0.0800. The van der Waals surface area contributed by atoms with Crippen LogP contribution in [0.5, 0.6) is 0 Å². The van der Waals surface area contributed by atoms with Crippen LogP contribution in [0.15, 0.2) is 91.0 Å². The molecule has 4 aromatic carbocycles. The van der Waals surface area contributed by atoms with Crippen molar-refractivity contribution in [1.82, 2.24) is 9.55 Å². The third kappa shape index (κ3) is 3.32. The topological polar surface area (TPSA) is 17.8 Å². The average Bonchev–Trinajstić information content (AvgIpc) is 3.12. The smallest absolute Gasteiger partial charge is 0.319 e. The zero-order valence-corrected chi connectivity index (χ0v) is 15.9. The molecule has 1 aromatic heterocycles. The minimum absolute atomic E-state index is 0.571. The fourth-order valence-corrected chi connectivity index (χ4v) is 3.78. The largest absolute Gasteiger partial charge is 0.416 e. The van der Waals surface area contributed by atoms with Gasteiger partial charge >= 0.3 is 6.18 Å². The standard InChI is InChI=1S/C25H17F3N2/c26-25(27,28)21-13-11-19(12-14-21)24-29-22-7-3-4-8-23(22)30(24)16-17-9-10-18-5-1-2-6-20(18)15-17/h1-15H,16H2. The van der Waals surface area contributed by atoms with E-state index in [0.717, 1.165) is 34.1 Å². The van der Waals surface area contributed by atoms with Crippen LogP contribution < -0.4 is 0 Å². The second-order valence-electron chi connectivity index (χ2n) is 7.27. The summed E-state index contributed by atoms with van der Waals surface area (Å²) < 4.78 is 40.9. The highest BCUT2D eigenvalue weighted by atomic mass is 19.4. The van der Waals surface area contributed by atoms with Crippen LogP contribution in [0.4, 0.5) is 13.2 Å². The number of halogens is 3. The van der Waals surface area contributed by atoms with Crippen molar-refractivity contribution in [3.63, 3.8) is 0 Å². The lowest BCUT2D eigenvalue weighted by Crippen LogP contribution is -2.05. The van der Waals surface area contributed by atoms with E-state index in [1.54, 1.807) is 0 Å². The van der Waals surface area contributed by atoms with E-state index in [1.807, 2.05) is 36.4 Å². The second-order valence-corrected chi connectivity index (χ2v) is 7.27. The van der Waals surface area contributed by atoms with Crippen molar-refractivity contribution < 1.29 is 13.2 Å². The highest BCUT2D eigenvalue weighted by molar-refractivity contribution is 5.84. The molecule has 0 saturated heterocycles. The highest BCUT2D eigenvalue weighted by Gasteiger charge is 2.30. The van der Waals surface area contributed by atoms with Crippen LogP contribution >= 0.6 is 0 Å². The Kier molecular flexibility index (Phi) is 4.31. The summed E-state index contributed by atoms with van der Waals surface area (Å²) in [4.78, 5) is 4.71. The minimum Gasteiger partial charge on any atom is -0.319 e. The summed E-state index contributed by atoms with van der Waals surface area (Å²) in [6.07, 6.45) is -4.36. The normalized spacial score (nSPS) is 12.0. The van der Waals surface area contributed by atoms with Crippen LogP contribution in [0.1, 0.15) is 11.1 Å². The van der Waals surface area contributed by atoms with Crippen LogP contribution in [0.25, 0.3) is 33.2 Å². The first kappa shape index (κ1) is 18.4. The molecular weight excluding hydrogens is 385 g/mol. The number of fused-ring (bicyclic) bond motifs is 2. The maximum absolute atomic E-state index is 13.0. The summed E-state index contributed by atoms with van der Waals surface area (Å²) in [5, 5.41) is 2.32. The lowest BCUT2D eigenvalue weighted by Gasteiger charge is -2.12. The highest BCUT2D eigenvalue weighted by Crippen LogP contribution is 2.32. The lowest BCUT2D eigenvalue weighted by molar-refractivity contribution is -0.137. The van der Waals surface area contributed by atoms with Crippen molar-refractivity contribution in [2.45, 2.75) is 12.7 Å². The van der Waals surface area contributed by atoms with Crippen molar-refractivity contribution in [2.24, 2.45) is 0 Å². The summed E-state index contributed by atoms with van der Waals surface area (Å²) >= 11 is 0. The van der Waals surface area contributed by atoms with Gasteiger partial charge in [0.25, 0.3) is 0 Å². The maximum Gasteiger partial charge on any atom is 0.416 e. The van der Waals surface area contributed by atoms with Crippen LogP contribution in [0, 0.1) is 0 Å². The van der Waals surface area contributed by atoms with Gasteiger partial charge < -0.3 is 4.57 Å². The Morgan fingerprint density at radius 3 is 2.20 bits per heavy atom. The van der Waals surface area contributed by atoms with Crippen LogP contribution in [-0.2, 0) is 12.7 Å². The van der Waals surface area contributed by atoms with E-state index in [9.17, 15) is 13.2 Å². The lowest BCUT2D eigenvalue weighted by atomic mass is 10.1. The van der Waals surface area contributed by atoms with E-state index in [-0.39, 0.29) is 0 Å². The number of benzene rings is 4. The summed E-state index contributed by atoms with van der Waals surface area (Å²) in [6.45, 7) is 0.571. The van der Waals surface area contributed by atoms with Gasteiger partial charge in [-0.2, -0.15) is 13.2 Å². The molecule has 0 atom stereocenters. The number of hydrogen-bond acceptors (Lipinski definition) is 1. The van der Waals surface area contributed by atoms with Gasteiger partial charge in [-0.15, -0.1) is 0 Å². The molecule has 30 heavy (non-hydrogen) atoms. The first-order valence-corrected chi connectivity index (χ1v) is 9.60. The Bertz CT molecular complexity index is 1350. The Morgan fingerprint density at radius 1 is 0.733 bits per heavy atom. The number of rotatable bonds is 3. The van der Waals surface area contributed by atoms with E-state index in [0.29, 0.717) is 17.9 Å². The van der Waals surface area contributed by atoms with E-state index >= 15 is 0 Å². The molecule has 1 heterocycles. The molecule has 0 aliphatic carbocycles. The summed E-state index contributed by atoms with van der Waals surface area (Å²) in [7, 11) is 0. The predicted molar refractivity (Wildman–Crippen MR) is 113 cm³/mol. The van der Waals surface area contributed by atoms with Gasteiger partial charge in [0.2, 0.25) is 0 Å². The van der Waals surface area contributed by atoms with Gasteiger partial charge in [-0.05, 0) is 46.7 Å². The van der Waals surface area contributed by atoms with Gasteiger partial charge in [-0.25, -0.2) is 4.98 Å². The van der Waals surface area contributed by atoms with Gasteiger partial charge in [-0.3, -0.25) is 0 Å². The Hall–Kier alpha value is -3.60. The molecule has 148 valence electrons. The van der Waals surface area contributed by atoms with E-state index < -0.39 is 11.7 Å². The van der Waals surface area contributed by atoms with Gasteiger partial charge in [0, 0.05) is 12.1 Å². The fourth-order valence-electron chi connectivity index (χ4n) is 3.78. The van der Waals surface area contributed by atoms with E-state index in [1.165, 1.54) is 17.5 Å². The monoisotopic (exact) mass is 402 g/mol. The molecule has 0 unspecified atom stereocenters. The molecule has 2 nitrogen and oxygen atoms in total. The number of hydrogen-bond donors (Lipinski definition) is 0. The van der Waals surface area contributed by atoms with Crippen molar-refractivity contribution in [3.05, 3.63) is 102 Å². The molecule has 0 radical (unpaired) electrons. The van der Waals surface area contributed by atoms with Crippen molar-refractivity contribution >= 4 is 21.8 Å². The number of para-hydroxylation sites is 2. The molecule has 0 saturated carbocycles. The van der Waals surface area contributed by atoms with Gasteiger partial charge in [0.15, 0.2) is 0 Å². The molecule has 0 spiro atoms. The Morgan fingerprint density at radius 2 is 1.43 bits per heavy atom. The molecule has 5 heteroatoms. The number of nitrogens with zero attached hydrogens (tertiary/aromatic N) is 2. The predicted octanol–water partition coefficient (Wildman–Crippen LogP) is 6.92. The zero-order chi connectivity index (χ0) is 20.7. The number of alkyl halides is 3. The van der Waals surface area contributed by atoms with Gasteiger partial charge in [-0.1, -0.05) is 60.7 Å². The van der Waals surface area contributed by atoms with E-state index in [4.69, 9.17) is 4.98 Å². The molecule has 0 amide bonds. The molecule has 0 aliphatic heterocycles. The van der Waals surface area contributed by atoms with Crippen molar-refractivity contribution in [1.29, 1.82) is 0 Å². The van der Waals surface area contributed by atoms with Crippen molar-refractivity contribution in [3.8, 4) is 11.4 Å². The van der Waals surface area contributed by atoms with E-state index in [2.05, 4.69) is 34.9 Å². The number of imidazole rings is 1.